The number of aryl methyl sites for hydroxylation is 1. The van der Waals surface area contributed by atoms with E-state index in [1.165, 1.54) is 0 Å². The summed E-state index contributed by atoms with van der Waals surface area (Å²) in [6.07, 6.45) is 2.17. The van der Waals surface area contributed by atoms with Crippen molar-refractivity contribution < 1.29 is 9.53 Å². The van der Waals surface area contributed by atoms with Crippen molar-refractivity contribution in [1.29, 1.82) is 0 Å². The zero-order chi connectivity index (χ0) is 13.1. The van der Waals surface area contributed by atoms with Gasteiger partial charge in [-0.25, -0.2) is 0 Å². The maximum Gasteiger partial charge on any atom is 0.251 e. The third-order valence-electron chi connectivity index (χ3n) is 3.28. The first-order chi connectivity index (χ1) is 8.60. The summed E-state index contributed by atoms with van der Waals surface area (Å²) in [5, 5.41) is 3.05. The second-order valence-electron chi connectivity index (χ2n) is 4.68. The third-order valence-corrected chi connectivity index (χ3v) is 3.77. The third kappa shape index (κ3) is 3.12. The summed E-state index contributed by atoms with van der Waals surface area (Å²) < 4.78 is 6.41. The topological polar surface area (TPSA) is 38.3 Å². The fraction of sp³-hybridized carbons (Fsp3) is 0.500. The Hall–Kier alpha value is -0.870. The smallest absolute Gasteiger partial charge is 0.251 e. The number of amides is 1. The SMILES string of the molecule is CCOC1CC(NC(=O)c2cc(Br)ccc2C)C1. The molecule has 1 aliphatic rings. The molecular formula is C14H18BrNO2. The highest BCUT2D eigenvalue weighted by Gasteiger charge is 2.31. The molecule has 1 aromatic rings. The van der Waals surface area contributed by atoms with Gasteiger partial charge in [-0.15, -0.1) is 0 Å². The van der Waals surface area contributed by atoms with Gasteiger partial charge in [0.2, 0.25) is 0 Å². The first-order valence-corrected chi connectivity index (χ1v) is 7.08. The Balaban J connectivity index is 1.91. The summed E-state index contributed by atoms with van der Waals surface area (Å²) in [4.78, 5) is 12.1. The Morgan fingerprint density at radius 1 is 1.50 bits per heavy atom. The van der Waals surface area contributed by atoms with E-state index >= 15 is 0 Å². The summed E-state index contributed by atoms with van der Waals surface area (Å²) in [6, 6.07) is 6.01. The molecule has 4 heteroatoms. The molecule has 0 unspecified atom stereocenters. The van der Waals surface area contributed by atoms with Crippen molar-refractivity contribution in [3.8, 4) is 0 Å². The fourth-order valence-corrected chi connectivity index (χ4v) is 2.52. The highest BCUT2D eigenvalue weighted by molar-refractivity contribution is 9.10. The molecule has 0 bridgehead atoms. The van der Waals surface area contributed by atoms with Crippen molar-refractivity contribution in [2.75, 3.05) is 6.61 Å². The van der Waals surface area contributed by atoms with Crippen molar-refractivity contribution in [3.05, 3.63) is 33.8 Å². The van der Waals surface area contributed by atoms with Crippen molar-refractivity contribution in [2.24, 2.45) is 0 Å². The van der Waals surface area contributed by atoms with Gasteiger partial charge in [0.25, 0.3) is 5.91 Å². The van der Waals surface area contributed by atoms with Crippen molar-refractivity contribution in [3.63, 3.8) is 0 Å². The van der Waals surface area contributed by atoms with E-state index < -0.39 is 0 Å². The first-order valence-electron chi connectivity index (χ1n) is 6.28. The van der Waals surface area contributed by atoms with Crippen LogP contribution in [0.3, 0.4) is 0 Å². The van der Waals surface area contributed by atoms with E-state index in [2.05, 4.69) is 21.2 Å². The van der Waals surface area contributed by atoms with Crippen LogP contribution in [0.2, 0.25) is 0 Å². The standard InChI is InChI=1S/C14H18BrNO2/c1-3-18-12-7-11(8-12)16-14(17)13-6-10(15)5-4-9(13)2/h4-6,11-12H,3,7-8H2,1-2H3,(H,16,17). The molecule has 1 saturated carbocycles. The van der Waals surface area contributed by atoms with E-state index in [1.54, 1.807) is 0 Å². The minimum atomic E-state index is 0.00810. The van der Waals surface area contributed by atoms with E-state index in [1.807, 2.05) is 32.0 Å². The van der Waals surface area contributed by atoms with Gasteiger partial charge in [0.1, 0.15) is 0 Å². The molecule has 0 atom stereocenters. The lowest BCUT2D eigenvalue weighted by Crippen LogP contribution is -2.47. The largest absolute Gasteiger partial charge is 0.378 e. The highest BCUT2D eigenvalue weighted by Crippen LogP contribution is 2.24. The molecule has 1 fully saturated rings. The Labute approximate surface area is 116 Å². The van der Waals surface area contributed by atoms with Crippen LogP contribution >= 0.6 is 15.9 Å². The summed E-state index contributed by atoms with van der Waals surface area (Å²) in [5.41, 5.74) is 1.74. The predicted octanol–water partition coefficient (Wildman–Crippen LogP) is 3.05. The Morgan fingerprint density at radius 3 is 2.89 bits per heavy atom. The lowest BCUT2D eigenvalue weighted by Gasteiger charge is -2.35. The number of halogens is 1. The van der Waals surface area contributed by atoms with Gasteiger partial charge in [0, 0.05) is 22.7 Å². The number of carbonyl (C=O) groups excluding carboxylic acids is 1. The van der Waals surface area contributed by atoms with E-state index in [9.17, 15) is 4.79 Å². The first kappa shape index (κ1) is 13.6. The summed E-state index contributed by atoms with van der Waals surface area (Å²) >= 11 is 3.39. The molecule has 3 nitrogen and oxygen atoms in total. The van der Waals surface area contributed by atoms with E-state index in [4.69, 9.17) is 4.74 Å². The molecule has 0 aliphatic heterocycles. The molecule has 0 spiro atoms. The average molecular weight is 312 g/mol. The van der Waals surface area contributed by atoms with Gasteiger partial charge < -0.3 is 10.1 Å². The number of carbonyl (C=O) groups is 1. The van der Waals surface area contributed by atoms with Crippen LogP contribution in [0.1, 0.15) is 35.7 Å². The van der Waals surface area contributed by atoms with Gasteiger partial charge >= 0.3 is 0 Å². The minimum Gasteiger partial charge on any atom is -0.378 e. The number of hydrogen-bond donors (Lipinski definition) is 1. The monoisotopic (exact) mass is 311 g/mol. The van der Waals surface area contributed by atoms with Crippen LogP contribution in [-0.2, 0) is 4.74 Å². The molecule has 0 radical (unpaired) electrons. The second-order valence-corrected chi connectivity index (χ2v) is 5.59. The number of rotatable bonds is 4. The molecule has 1 amide bonds. The normalized spacial score (nSPS) is 22.4. The number of benzene rings is 1. The molecule has 1 aliphatic carbocycles. The number of nitrogens with one attached hydrogen (secondary N) is 1. The van der Waals surface area contributed by atoms with Gasteiger partial charge in [-0.05, 0) is 44.4 Å². The Kier molecular flexibility index (Phi) is 4.40. The summed E-state index contributed by atoms with van der Waals surface area (Å²) in [5.74, 6) is 0.00810. The lowest BCUT2D eigenvalue weighted by atomic mass is 9.89. The maximum absolute atomic E-state index is 12.1. The van der Waals surface area contributed by atoms with Crippen LogP contribution in [0.4, 0.5) is 0 Å². The molecule has 98 valence electrons. The van der Waals surface area contributed by atoms with Gasteiger partial charge in [0.05, 0.1) is 6.10 Å². The van der Waals surface area contributed by atoms with Crippen LogP contribution in [0.15, 0.2) is 22.7 Å². The molecule has 0 aromatic heterocycles. The molecular weight excluding hydrogens is 294 g/mol. The Morgan fingerprint density at radius 2 is 2.22 bits per heavy atom. The summed E-state index contributed by atoms with van der Waals surface area (Å²) in [6.45, 7) is 4.69. The fourth-order valence-electron chi connectivity index (χ4n) is 2.16. The van der Waals surface area contributed by atoms with Crippen molar-refractivity contribution in [2.45, 2.75) is 38.8 Å². The van der Waals surface area contributed by atoms with E-state index in [0.717, 1.165) is 35.0 Å². The predicted molar refractivity (Wildman–Crippen MR) is 74.8 cm³/mol. The van der Waals surface area contributed by atoms with Gasteiger partial charge in [0.15, 0.2) is 0 Å². The highest BCUT2D eigenvalue weighted by atomic mass is 79.9. The maximum atomic E-state index is 12.1. The Bertz CT molecular complexity index is 441. The zero-order valence-electron chi connectivity index (χ0n) is 10.7. The van der Waals surface area contributed by atoms with Gasteiger partial charge in [-0.2, -0.15) is 0 Å². The van der Waals surface area contributed by atoms with Crippen molar-refractivity contribution in [1.82, 2.24) is 5.32 Å². The molecule has 1 N–H and O–H groups in total. The van der Waals surface area contributed by atoms with Gasteiger partial charge in [-0.3, -0.25) is 4.79 Å². The molecule has 18 heavy (non-hydrogen) atoms. The average Bonchev–Trinajstić information content (AvgIpc) is 2.29. The number of hydrogen-bond acceptors (Lipinski definition) is 2. The van der Waals surface area contributed by atoms with Crippen LogP contribution in [-0.4, -0.2) is 24.7 Å². The van der Waals surface area contributed by atoms with Crippen LogP contribution in [0, 0.1) is 6.92 Å². The minimum absolute atomic E-state index is 0.00810. The van der Waals surface area contributed by atoms with Crippen molar-refractivity contribution >= 4 is 21.8 Å². The van der Waals surface area contributed by atoms with E-state index in [-0.39, 0.29) is 11.9 Å². The number of ether oxygens (including phenoxy) is 1. The zero-order valence-corrected chi connectivity index (χ0v) is 12.3. The molecule has 0 saturated heterocycles. The van der Waals surface area contributed by atoms with E-state index in [0.29, 0.717) is 6.10 Å². The molecule has 1 aromatic carbocycles. The molecule has 2 rings (SSSR count). The van der Waals surface area contributed by atoms with Crippen LogP contribution in [0.25, 0.3) is 0 Å². The second kappa shape index (κ2) is 5.85. The van der Waals surface area contributed by atoms with Crippen LogP contribution < -0.4 is 5.32 Å². The molecule has 0 heterocycles. The van der Waals surface area contributed by atoms with Crippen LogP contribution in [0.5, 0.6) is 0 Å². The summed E-state index contributed by atoms with van der Waals surface area (Å²) in [7, 11) is 0. The quantitative estimate of drug-likeness (QED) is 0.928. The van der Waals surface area contributed by atoms with Gasteiger partial charge in [-0.1, -0.05) is 22.0 Å². The lowest BCUT2D eigenvalue weighted by molar-refractivity contribution is -0.00863.